The van der Waals surface area contributed by atoms with Crippen molar-refractivity contribution in [3.05, 3.63) is 7.05 Å². The normalized spacial score (nSPS) is 8.86. The minimum atomic E-state index is 0.141. The molecule has 1 amide bonds. The van der Waals surface area contributed by atoms with Crippen LogP contribution in [0.2, 0.25) is 0 Å². The SMILES string of the molecule is [CH2-][NH2+]C(=O)CCC. The van der Waals surface area contributed by atoms with Crippen LogP contribution in [0, 0.1) is 7.05 Å². The van der Waals surface area contributed by atoms with Crippen molar-refractivity contribution < 1.29 is 10.1 Å². The first-order chi connectivity index (χ1) is 3.31. The smallest absolute Gasteiger partial charge is 0.284 e. The lowest BCUT2D eigenvalue weighted by Gasteiger charge is -1.91. The fourth-order valence-electron chi connectivity index (χ4n) is 0.348. The molecule has 7 heavy (non-hydrogen) atoms. The van der Waals surface area contributed by atoms with Crippen molar-refractivity contribution in [3.8, 4) is 0 Å². The Labute approximate surface area is 43.9 Å². The first-order valence-electron chi connectivity index (χ1n) is 2.46. The van der Waals surface area contributed by atoms with E-state index in [2.05, 4.69) is 7.05 Å². The predicted molar refractivity (Wildman–Crippen MR) is 27.2 cm³/mol. The molecule has 0 aliphatic rings. The highest BCUT2D eigenvalue weighted by atomic mass is 16.1. The van der Waals surface area contributed by atoms with Crippen LogP contribution < -0.4 is 5.32 Å². The Morgan fingerprint density at radius 2 is 2.43 bits per heavy atom. The first kappa shape index (κ1) is 6.63. The molecular formula is C5H11NO. The average Bonchev–Trinajstić information content (AvgIpc) is 1.68. The molecule has 0 rings (SSSR count). The van der Waals surface area contributed by atoms with Gasteiger partial charge in [0.1, 0.15) is 0 Å². The molecule has 0 bridgehead atoms. The molecule has 0 heterocycles. The van der Waals surface area contributed by atoms with E-state index in [1.165, 1.54) is 5.32 Å². The van der Waals surface area contributed by atoms with Crippen LogP contribution in [0.25, 0.3) is 0 Å². The van der Waals surface area contributed by atoms with Crippen molar-refractivity contribution in [2.45, 2.75) is 19.8 Å². The number of rotatable bonds is 2. The van der Waals surface area contributed by atoms with Gasteiger partial charge in [0.05, 0.1) is 6.42 Å². The average molecular weight is 101 g/mol. The highest BCUT2D eigenvalue weighted by Crippen LogP contribution is 1.79. The first-order valence-corrected chi connectivity index (χ1v) is 2.46. The molecule has 0 atom stereocenters. The lowest BCUT2D eigenvalue weighted by atomic mass is 10.3. The third-order valence-electron chi connectivity index (χ3n) is 0.724. The van der Waals surface area contributed by atoms with E-state index in [0.29, 0.717) is 6.42 Å². The van der Waals surface area contributed by atoms with Crippen LogP contribution in [0.1, 0.15) is 19.8 Å². The summed E-state index contributed by atoms with van der Waals surface area (Å²) in [6, 6.07) is 0. The number of primary amides is 1. The van der Waals surface area contributed by atoms with Gasteiger partial charge in [-0.15, -0.1) is 7.05 Å². The number of hydrogen-bond acceptors (Lipinski definition) is 1. The number of amides is 1. The van der Waals surface area contributed by atoms with Gasteiger partial charge < -0.3 is 5.32 Å². The van der Waals surface area contributed by atoms with Gasteiger partial charge in [-0.3, -0.25) is 0 Å². The maximum atomic E-state index is 10.3. The fraction of sp³-hybridized carbons (Fsp3) is 0.600. The van der Waals surface area contributed by atoms with Crippen LogP contribution in [0.5, 0.6) is 0 Å². The molecule has 0 aromatic heterocycles. The minimum absolute atomic E-state index is 0.141. The summed E-state index contributed by atoms with van der Waals surface area (Å²) in [6.07, 6.45) is 1.56. The Hall–Kier alpha value is -0.370. The zero-order chi connectivity index (χ0) is 5.70. The van der Waals surface area contributed by atoms with E-state index in [0.717, 1.165) is 6.42 Å². The molecular weight excluding hydrogens is 90.1 g/mol. The van der Waals surface area contributed by atoms with Crippen molar-refractivity contribution in [1.29, 1.82) is 0 Å². The monoisotopic (exact) mass is 101 g/mol. The summed E-state index contributed by atoms with van der Waals surface area (Å²) in [4.78, 5) is 10.3. The van der Waals surface area contributed by atoms with E-state index in [9.17, 15) is 4.79 Å². The van der Waals surface area contributed by atoms with E-state index in [1.54, 1.807) is 0 Å². The molecule has 0 aliphatic carbocycles. The van der Waals surface area contributed by atoms with Gasteiger partial charge in [-0.05, 0) is 6.42 Å². The Bertz CT molecular complexity index is 61.1. The second-order valence-corrected chi connectivity index (χ2v) is 1.42. The van der Waals surface area contributed by atoms with E-state index >= 15 is 0 Å². The highest BCUT2D eigenvalue weighted by molar-refractivity contribution is 5.65. The van der Waals surface area contributed by atoms with Crippen molar-refractivity contribution in [2.75, 3.05) is 0 Å². The second-order valence-electron chi connectivity index (χ2n) is 1.42. The Balaban J connectivity index is 3.00. The van der Waals surface area contributed by atoms with Crippen molar-refractivity contribution in [3.63, 3.8) is 0 Å². The molecule has 2 heteroatoms. The maximum Gasteiger partial charge on any atom is 0.284 e. The molecule has 2 N–H and O–H groups in total. The van der Waals surface area contributed by atoms with E-state index in [4.69, 9.17) is 0 Å². The van der Waals surface area contributed by atoms with E-state index in [1.807, 2.05) is 6.92 Å². The minimum Gasteiger partial charge on any atom is -0.415 e. The number of carbonyl (C=O) groups excluding carboxylic acids is 1. The third-order valence-corrected chi connectivity index (χ3v) is 0.724. The molecule has 2 nitrogen and oxygen atoms in total. The number of nitrogens with two attached hydrogens (primary N) is 1. The topological polar surface area (TPSA) is 33.7 Å². The largest absolute Gasteiger partial charge is 0.415 e. The summed E-state index contributed by atoms with van der Waals surface area (Å²) in [6.45, 7) is 1.97. The quantitative estimate of drug-likeness (QED) is 0.475. The van der Waals surface area contributed by atoms with Crippen LogP contribution >= 0.6 is 0 Å². The van der Waals surface area contributed by atoms with Crippen molar-refractivity contribution in [1.82, 2.24) is 0 Å². The van der Waals surface area contributed by atoms with E-state index < -0.39 is 0 Å². The summed E-state index contributed by atoms with van der Waals surface area (Å²) in [5.41, 5.74) is 0. The van der Waals surface area contributed by atoms with Gasteiger partial charge in [0, 0.05) is 0 Å². The highest BCUT2D eigenvalue weighted by Gasteiger charge is 1.92. The molecule has 0 fully saturated rings. The Morgan fingerprint density at radius 3 is 2.57 bits per heavy atom. The van der Waals surface area contributed by atoms with Crippen LogP contribution in [0.3, 0.4) is 0 Å². The number of hydrogen-bond donors (Lipinski definition) is 1. The molecule has 0 saturated carbocycles. The molecule has 42 valence electrons. The summed E-state index contributed by atoms with van der Waals surface area (Å²) in [7, 11) is 3.33. The van der Waals surface area contributed by atoms with Gasteiger partial charge in [0.25, 0.3) is 5.91 Å². The van der Waals surface area contributed by atoms with Gasteiger partial charge >= 0.3 is 0 Å². The fourth-order valence-corrected chi connectivity index (χ4v) is 0.348. The molecule has 0 radical (unpaired) electrons. The molecule has 0 unspecified atom stereocenters. The van der Waals surface area contributed by atoms with Crippen LogP contribution in [0.15, 0.2) is 0 Å². The predicted octanol–water partition coefficient (Wildman–Crippen LogP) is -0.332. The molecule has 0 aromatic rings. The van der Waals surface area contributed by atoms with Crippen LogP contribution in [0.4, 0.5) is 0 Å². The lowest BCUT2D eigenvalue weighted by molar-refractivity contribution is -0.507. The van der Waals surface area contributed by atoms with E-state index in [-0.39, 0.29) is 5.91 Å². The molecule has 0 saturated heterocycles. The van der Waals surface area contributed by atoms with Gasteiger partial charge in [0.2, 0.25) is 0 Å². The summed E-state index contributed by atoms with van der Waals surface area (Å²) < 4.78 is 0. The van der Waals surface area contributed by atoms with Gasteiger partial charge in [-0.2, -0.15) is 0 Å². The zero-order valence-electron chi connectivity index (χ0n) is 4.61. The summed E-state index contributed by atoms with van der Waals surface area (Å²) >= 11 is 0. The zero-order valence-corrected chi connectivity index (χ0v) is 4.61. The Kier molecular flexibility index (Phi) is 3.61. The van der Waals surface area contributed by atoms with Crippen LogP contribution in [-0.2, 0) is 4.79 Å². The lowest BCUT2D eigenvalue weighted by Crippen LogP contribution is -2.81. The number of carbonyl (C=O) groups is 1. The van der Waals surface area contributed by atoms with Gasteiger partial charge in [-0.25, -0.2) is 4.79 Å². The van der Waals surface area contributed by atoms with Crippen LogP contribution in [-0.4, -0.2) is 5.91 Å². The van der Waals surface area contributed by atoms with Crippen molar-refractivity contribution in [2.24, 2.45) is 0 Å². The van der Waals surface area contributed by atoms with Crippen molar-refractivity contribution >= 4 is 5.91 Å². The number of quaternary nitrogens is 1. The third kappa shape index (κ3) is 3.46. The summed E-state index contributed by atoms with van der Waals surface area (Å²) in [5, 5.41) is 1.36. The molecule has 0 aliphatic heterocycles. The van der Waals surface area contributed by atoms with Gasteiger partial charge in [0.15, 0.2) is 0 Å². The molecule has 0 aromatic carbocycles. The van der Waals surface area contributed by atoms with Gasteiger partial charge in [-0.1, -0.05) is 6.92 Å². The molecule has 0 spiro atoms. The Morgan fingerprint density at radius 1 is 1.86 bits per heavy atom. The maximum absolute atomic E-state index is 10.3. The summed E-state index contributed by atoms with van der Waals surface area (Å²) in [5.74, 6) is 0.141. The standard InChI is InChI=1S/C5H11NO/c1-3-4-5(7)6-2/h2-4,6H2,1H3. The second kappa shape index (κ2) is 3.81.